The van der Waals surface area contributed by atoms with Crippen LogP contribution in [0.3, 0.4) is 0 Å². The molecule has 0 bridgehead atoms. The van der Waals surface area contributed by atoms with Crippen LogP contribution in [0, 0.1) is 11.8 Å². The van der Waals surface area contributed by atoms with Gasteiger partial charge >= 0.3 is 0 Å². The van der Waals surface area contributed by atoms with Crippen molar-refractivity contribution in [2.75, 3.05) is 5.32 Å². The number of hydrogen-bond acceptors (Lipinski definition) is 2. The lowest BCUT2D eigenvalue weighted by atomic mass is 10.2. The van der Waals surface area contributed by atoms with Crippen molar-refractivity contribution in [3.05, 3.63) is 54.6 Å². The summed E-state index contributed by atoms with van der Waals surface area (Å²) >= 11 is 0. The molecule has 0 aromatic heterocycles. The zero-order valence-electron chi connectivity index (χ0n) is 14.0. The fourth-order valence-electron chi connectivity index (χ4n) is 2.25. The van der Waals surface area contributed by atoms with E-state index < -0.39 is 0 Å². The Labute approximate surface area is 139 Å². The highest BCUT2D eigenvalue weighted by Gasteiger charge is 2.06. The highest BCUT2D eigenvalue weighted by Crippen LogP contribution is 2.29. The van der Waals surface area contributed by atoms with E-state index in [4.69, 9.17) is 4.74 Å². The van der Waals surface area contributed by atoms with Gasteiger partial charge in [-0.2, -0.15) is 0 Å². The Kier molecular flexibility index (Phi) is 7.07. The number of nitrogens with one attached hydrogen (secondary N) is 1. The molecular weight excluding hydrogens is 282 g/mol. The molecule has 2 aromatic carbocycles. The summed E-state index contributed by atoms with van der Waals surface area (Å²) in [5.41, 5.74) is 0.965. The van der Waals surface area contributed by atoms with Crippen LogP contribution in [-0.4, -0.2) is 6.04 Å². The largest absolute Gasteiger partial charge is 0.455 e. The van der Waals surface area contributed by atoms with Crippen LogP contribution in [0.15, 0.2) is 54.6 Å². The SMILES string of the molecule is CCCCCC#C[C@@H](C)Nc1ccccc1Oc1ccccc1. The summed E-state index contributed by atoms with van der Waals surface area (Å²) in [6.45, 7) is 4.29. The van der Waals surface area contributed by atoms with Crippen LogP contribution >= 0.6 is 0 Å². The molecule has 0 aliphatic carbocycles. The maximum Gasteiger partial charge on any atom is 0.150 e. The van der Waals surface area contributed by atoms with Gasteiger partial charge in [0.25, 0.3) is 0 Å². The van der Waals surface area contributed by atoms with Crippen LogP contribution in [0.25, 0.3) is 0 Å². The molecule has 2 heteroatoms. The van der Waals surface area contributed by atoms with Crippen molar-refractivity contribution in [1.82, 2.24) is 0 Å². The van der Waals surface area contributed by atoms with E-state index in [2.05, 4.69) is 31.0 Å². The fraction of sp³-hybridized carbons (Fsp3) is 0.333. The highest BCUT2D eigenvalue weighted by atomic mass is 16.5. The fourth-order valence-corrected chi connectivity index (χ4v) is 2.25. The molecule has 2 rings (SSSR count). The molecule has 0 radical (unpaired) electrons. The lowest BCUT2D eigenvalue weighted by Crippen LogP contribution is -2.13. The molecule has 120 valence electrons. The summed E-state index contributed by atoms with van der Waals surface area (Å²) in [7, 11) is 0. The number of unbranched alkanes of at least 4 members (excludes halogenated alkanes) is 3. The summed E-state index contributed by atoms with van der Waals surface area (Å²) in [5, 5.41) is 3.42. The predicted octanol–water partition coefficient (Wildman–Crippen LogP) is 5.86. The number of ether oxygens (including phenoxy) is 1. The van der Waals surface area contributed by atoms with Crippen molar-refractivity contribution in [3.63, 3.8) is 0 Å². The van der Waals surface area contributed by atoms with E-state index in [1.54, 1.807) is 0 Å². The topological polar surface area (TPSA) is 21.3 Å². The lowest BCUT2D eigenvalue weighted by molar-refractivity contribution is 0.484. The second kappa shape index (κ2) is 9.58. The van der Waals surface area contributed by atoms with Gasteiger partial charge in [-0.25, -0.2) is 0 Å². The van der Waals surface area contributed by atoms with Crippen LogP contribution < -0.4 is 10.1 Å². The summed E-state index contributed by atoms with van der Waals surface area (Å²) in [6, 6.07) is 17.9. The van der Waals surface area contributed by atoms with Crippen LogP contribution in [0.1, 0.15) is 39.5 Å². The van der Waals surface area contributed by atoms with Crippen LogP contribution in [0.5, 0.6) is 11.5 Å². The van der Waals surface area contributed by atoms with Crippen molar-refractivity contribution in [3.8, 4) is 23.3 Å². The van der Waals surface area contributed by atoms with E-state index in [1.807, 2.05) is 54.6 Å². The Morgan fingerprint density at radius 1 is 1.00 bits per heavy atom. The number of benzene rings is 2. The molecule has 2 nitrogen and oxygen atoms in total. The molecule has 0 saturated heterocycles. The van der Waals surface area contributed by atoms with Crippen molar-refractivity contribution in [1.29, 1.82) is 0 Å². The monoisotopic (exact) mass is 307 g/mol. The maximum atomic E-state index is 5.96. The first kappa shape index (κ1) is 17.0. The molecule has 1 N–H and O–H groups in total. The van der Waals surface area contributed by atoms with Gasteiger partial charge in [0, 0.05) is 6.42 Å². The second-order valence-corrected chi connectivity index (χ2v) is 5.56. The van der Waals surface area contributed by atoms with E-state index in [1.165, 1.54) is 19.3 Å². The van der Waals surface area contributed by atoms with Crippen LogP contribution in [0.2, 0.25) is 0 Å². The van der Waals surface area contributed by atoms with E-state index >= 15 is 0 Å². The Hall–Kier alpha value is -2.40. The smallest absolute Gasteiger partial charge is 0.150 e. The average Bonchev–Trinajstić information content (AvgIpc) is 2.57. The Morgan fingerprint density at radius 3 is 2.52 bits per heavy atom. The maximum absolute atomic E-state index is 5.96. The Bertz CT molecular complexity index is 640. The molecule has 0 unspecified atom stereocenters. The second-order valence-electron chi connectivity index (χ2n) is 5.56. The summed E-state index contributed by atoms with van der Waals surface area (Å²) in [4.78, 5) is 0. The molecule has 2 aromatic rings. The third-order valence-electron chi connectivity index (χ3n) is 3.45. The molecule has 0 heterocycles. The van der Waals surface area contributed by atoms with E-state index in [0.717, 1.165) is 23.6 Å². The molecule has 0 fully saturated rings. The number of hydrogen-bond donors (Lipinski definition) is 1. The first-order valence-electron chi connectivity index (χ1n) is 8.36. The minimum Gasteiger partial charge on any atom is -0.455 e. The van der Waals surface area contributed by atoms with E-state index in [0.29, 0.717) is 0 Å². The molecule has 0 aliphatic heterocycles. The molecule has 0 saturated carbocycles. The average molecular weight is 307 g/mol. The first-order valence-corrected chi connectivity index (χ1v) is 8.36. The van der Waals surface area contributed by atoms with Crippen molar-refractivity contribution in [2.45, 2.75) is 45.6 Å². The molecule has 23 heavy (non-hydrogen) atoms. The van der Waals surface area contributed by atoms with Crippen molar-refractivity contribution in [2.24, 2.45) is 0 Å². The minimum atomic E-state index is 0.0946. The van der Waals surface area contributed by atoms with Gasteiger partial charge in [0.05, 0.1) is 11.7 Å². The van der Waals surface area contributed by atoms with Crippen LogP contribution in [-0.2, 0) is 0 Å². The molecule has 0 amide bonds. The lowest BCUT2D eigenvalue weighted by Gasteiger charge is -2.14. The Morgan fingerprint density at radius 2 is 1.74 bits per heavy atom. The van der Waals surface area contributed by atoms with Crippen LogP contribution in [0.4, 0.5) is 5.69 Å². The van der Waals surface area contributed by atoms with Gasteiger partial charge < -0.3 is 10.1 Å². The zero-order valence-corrected chi connectivity index (χ0v) is 14.0. The van der Waals surface area contributed by atoms with Gasteiger partial charge in [-0.3, -0.25) is 0 Å². The predicted molar refractivity (Wildman–Crippen MR) is 98.0 cm³/mol. The molecule has 1 atom stereocenters. The molecule has 0 aliphatic rings. The van der Waals surface area contributed by atoms with Gasteiger partial charge in [-0.15, -0.1) is 5.92 Å². The summed E-state index contributed by atoms with van der Waals surface area (Å²) < 4.78 is 5.96. The minimum absolute atomic E-state index is 0.0946. The Balaban J connectivity index is 1.97. The number of para-hydroxylation sites is 3. The van der Waals surface area contributed by atoms with Gasteiger partial charge in [-0.1, -0.05) is 56.0 Å². The zero-order chi connectivity index (χ0) is 16.3. The standard InChI is InChI=1S/C21H25NO/c1-3-4-5-6-8-13-18(2)22-20-16-11-12-17-21(20)23-19-14-9-7-10-15-19/h7,9-12,14-18,22H,3-6H2,1-2H3/t18-/m1/s1. The van der Waals surface area contributed by atoms with E-state index in [-0.39, 0.29) is 6.04 Å². The molecular formula is C21H25NO. The van der Waals surface area contributed by atoms with Gasteiger partial charge in [0.2, 0.25) is 0 Å². The van der Waals surface area contributed by atoms with Gasteiger partial charge in [0.15, 0.2) is 5.75 Å². The van der Waals surface area contributed by atoms with Crippen molar-refractivity contribution < 1.29 is 4.74 Å². The first-order chi connectivity index (χ1) is 11.3. The van der Waals surface area contributed by atoms with Crippen molar-refractivity contribution >= 4 is 5.69 Å². The number of rotatable bonds is 7. The third kappa shape index (κ3) is 6.08. The molecule has 0 spiro atoms. The summed E-state index contributed by atoms with van der Waals surface area (Å²) in [6.07, 6.45) is 4.65. The summed E-state index contributed by atoms with van der Waals surface area (Å²) in [5.74, 6) is 8.17. The van der Waals surface area contributed by atoms with Gasteiger partial charge in [-0.05, 0) is 37.6 Å². The van der Waals surface area contributed by atoms with Gasteiger partial charge in [0.1, 0.15) is 5.75 Å². The highest BCUT2D eigenvalue weighted by molar-refractivity contribution is 5.58. The number of anilines is 1. The quantitative estimate of drug-likeness (QED) is 0.510. The third-order valence-corrected chi connectivity index (χ3v) is 3.45. The normalized spacial score (nSPS) is 11.2. The van der Waals surface area contributed by atoms with E-state index in [9.17, 15) is 0 Å².